The Morgan fingerprint density at radius 2 is 1.95 bits per heavy atom. The van der Waals surface area contributed by atoms with Crippen molar-refractivity contribution in [1.82, 2.24) is 0 Å². The zero-order valence-electron chi connectivity index (χ0n) is 11.4. The van der Waals surface area contributed by atoms with E-state index in [-0.39, 0.29) is 17.3 Å². The maximum absolute atomic E-state index is 13.6. The van der Waals surface area contributed by atoms with E-state index in [1.165, 1.54) is 6.07 Å². The number of fused-ring (bicyclic) bond motifs is 1. The number of hydrogen-bond acceptors (Lipinski definition) is 3. The molecule has 1 N–H and O–H groups in total. The minimum absolute atomic E-state index is 0.205. The van der Waals surface area contributed by atoms with Gasteiger partial charge in [0.1, 0.15) is 17.3 Å². The van der Waals surface area contributed by atoms with Crippen LogP contribution in [0.4, 0.5) is 10.1 Å². The van der Waals surface area contributed by atoms with E-state index in [4.69, 9.17) is 4.74 Å². The molecule has 0 aliphatic carbocycles. The highest BCUT2D eigenvalue weighted by Gasteiger charge is 2.27. The predicted octanol–water partition coefficient (Wildman–Crippen LogP) is 2.78. The summed E-state index contributed by atoms with van der Waals surface area (Å²) in [7, 11) is 1.60. The number of rotatable bonds is 3. The van der Waals surface area contributed by atoms with Gasteiger partial charge in [-0.05, 0) is 23.8 Å². The van der Waals surface area contributed by atoms with Gasteiger partial charge < -0.3 is 10.1 Å². The molecule has 0 spiro atoms. The van der Waals surface area contributed by atoms with Crippen molar-refractivity contribution in [2.75, 3.05) is 12.4 Å². The van der Waals surface area contributed by atoms with Gasteiger partial charge in [-0.3, -0.25) is 9.79 Å². The van der Waals surface area contributed by atoms with Crippen molar-refractivity contribution in [2.24, 2.45) is 4.99 Å². The molecular weight excluding hydrogens is 271 g/mol. The lowest BCUT2D eigenvalue weighted by Gasteiger charge is -2.01. The van der Waals surface area contributed by atoms with Gasteiger partial charge in [0.05, 0.1) is 19.3 Å². The first-order valence-electron chi connectivity index (χ1n) is 6.46. The summed E-state index contributed by atoms with van der Waals surface area (Å²) in [6.45, 7) is 0.350. The van der Waals surface area contributed by atoms with Gasteiger partial charge in [0.2, 0.25) is 0 Å². The number of para-hydroxylation sites is 1. The average molecular weight is 284 g/mol. The summed E-state index contributed by atoms with van der Waals surface area (Å²) >= 11 is 0. The molecule has 1 heterocycles. The smallest absolute Gasteiger partial charge is 0.274 e. The number of hydrogen-bond donors (Lipinski definition) is 1. The monoisotopic (exact) mass is 284 g/mol. The van der Waals surface area contributed by atoms with Crippen LogP contribution in [0.25, 0.3) is 0 Å². The number of nitrogens with one attached hydrogen (secondary N) is 1. The topological polar surface area (TPSA) is 50.7 Å². The Labute approximate surface area is 121 Å². The second-order valence-electron chi connectivity index (χ2n) is 4.63. The number of ether oxygens (including phenoxy) is 1. The second kappa shape index (κ2) is 5.36. The number of amides is 1. The molecule has 1 amide bonds. The molecule has 0 atom stereocenters. The molecule has 1 aliphatic heterocycles. The molecule has 0 saturated heterocycles. The van der Waals surface area contributed by atoms with Gasteiger partial charge in [-0.1, -0.05) is 24.3 Å². The van der Waals surface area contributed by atoms with E-state index < -0.39 is 5.82 Å². The molecule has 0 radical (unpaired) electrons. The first kappa shape index (κ1) is 13.3. The van der Waals surface area contributed by atoms with Crippen LogP contribution in [-0.2, 0) is 11.3 Å². The average Bonchev–Trinajstić information content (AvgIpc) is 2.83. The molecule has 0 fully saturated rings. The molecule has 106 valence electrons. The Balaban J connectivity index is 1.87. The zero-order chi connectivity index (χ0) is 14.8. The molecule has 3 rings (SSSR count). The second-order valence-corrected chi connectivity index (χ2v) is 4.63. The van der Waals surface area contributed by atoms with Crippen molar-refractivity contribution in [3.8, 4) is 5.75 Å². The van der Waals surface area contributed by atoms with Crippen molar-refractivity contribution in [1.29, 1.82) is 0 Å². The SMILES string of the molecule is COc1ccc(CN=C2C(=O)Nc3c(F)cccc32)cc1. The Hall–Kier alpha value is -2.69. The summed E-state index contributed by atoms with van der Waals surface area (Å²) in [6.07, 6.45) is 0. The number of methoxy groups -OCH3 is 1. The Morgan fingerprint density at radius 3 is 2.67 bits per heavy atom. The third kappa shape index (κ3) is 2.50. The fourth-order valence-corrected chi connectivity index (χ4v) is 2.20. The van der Waals surface area contributed by atoms with Gasteiger partial charge in [0, 0.05) is 5.56 Å². The number of aliphatic imine (C=N–C) groups is 1. The number of nitrogens with zero attached hydrogens (tertiary/aromatic N) is 1. The Kier molecular flexibility index (Phi) is 3.39. The number of carbonyl (C=O) groups excluding carboxylic acids is 1. The van der Waals surface area contributed by atoms with Gasteiger partial charge in [0.25, 0.3) is 5.91 Å². The minimum Gasteiger partial charge on any atom is -0.497 e. The van der Waals surface area contributed by atoms with E-state index in [1.54, 1.807) is 19.2 Å². The lowest BCUT2D eigenvalue weighted by atomic mass is 10.1. The van der Waals surface area contributed by atoms with Gasteiger partial charge in [-0.15, -0.1) is 0 Å². The van der Waals surface area contributed by atoms with Crippen molar-refractivity contribution >= 4 is 17.3 Å². The molecule has 0 bridgehead atoms. The van der Waals surface area contributed by atoms with E-state index >= 15 is 0 Å². The van der Waals surface area contributed by atoms with Crippen LogP contribution in [0, 0.1) is 5.82 Å². The van der Waals surface area contributed by atoms with E-state index in [9.17, 15) is 9.18 Å². The maximum Gasteiger partial charge on any atom is 0.274 e. The van der Waals surface area contributed by atoms with Gasteiger partial charge >= 0.3 is 0 Å². The van der Waals surface area contributed by atoms with E-state index in [1.807, 2.05) is 24.3 Å². The third-order valence-electron chi connectivity index (χ3n) is 3.30. The molecule has 2 aromatic carbocycles. The standard InChI is InChI=1S/C16H13FN2O2/c1-21-11-7-5-10(6-8-11)9-18-15-12-3-2-4-13(17)14(12)19-16(15)20/h2-8H,9H2,1H3,(H,18,19,20). The Morgan fingerprint density at radius 1 is 1.19 bits per heavy atom. The van der Waals surface area contributed by atoms with Crippen molar-refractivity contribution in [3.05, 3.63) is 59.4 Å². The zero-order valence-corrected chi connectivity index (χ0v) is 11.4. The summed E-state index contributed by atoms with van der Waals surface area (Å²) in [5.41, 5.74) is 1.92. The molecule has 0 unspecified atom stereocenters. The normalized spacial score (nSPS) is 15.0. The van der Waals surface area contributed by atoms with Crippen LogP contribution in [0.3, 0.4) is 0 Å². The Bertz CT molecular complexity index is 724. The third-order valence-corrected chi connectivity index (χ3v) is 3.30. The van der Waals surface area contributed by atoms with Gasteiger partial charge in [-0.25, -0.2) is 4.39 Å². The summed E-state index contributed by atoms with van der Waals surface area (Å²) in [6, 6.07) is 12.0. The minimum atomic E-state index is -0.449. The molecule has 21 heavy (non-hydrogen) atoms. The maximum atomic E-state index is 13.6. The van der Waals surface area contributed by atoms with Crippen LogP contribution in [0.1, 0.15) is 11.1 Å². The lowest BCUT2D eigenvalue weighted by Crippen LogP contribution is -2.14. The highest BCUT2D eigenvalue weighted by atomic mass is 19.1. The number of carbonyl (C=O) groups is 1. The van der Waals surface area contributed by atoms with Crippen LogP contribution in [0.2, 0.25) is 0 Å². The van der Waals surface area contributed by atoms with Crippen molar-refractivity contribution in [3.63, 3.8) is 0 Å². The van der Waals surface area contributed by atoms with Gasteiger partial charge in [-0.2, -0.15) is 0 Å². The van der Waals surface area contributed by atoms with Crippen LogP contribution >= 0.6 is 0 Å². The largest absolute Gasteiger partial charge is 0.497 e. The van der Waals surface area contributed by atoms with Gasteiger partial charge in [0.15, 0.2) is 0 Å². The first-order chi connectivity index (χ1) is 10.2. The summed E-state index contributed by atoms with van der Waals surface area (Å²) < 4.78 is 18.7. The number of anilines is 1. The molecule has 5 heteroatoms. The van der Waals surface area contributed by atoms with Crippen LogP contribution in [0.5, 0.6) is 5.75 Å². The summed E-state index contributed by atoms with van der Waals surface area (Å²) in [5.74, 6) is -0.0588. The fraction of sp³-hybridized carbons (Fsp3) is 0.125. The molecule has 2 aromatic rings. The molecule has 0 aromatic heterocycles. The highest BCUT2D eigenvalue weighted by Crippen LogP contribution is 2.26. The molecule has 1 aliphatic rings. The lowest BCUT2D eigenvalue weighted by molar-refractivity contribution is -0.110. The summed E-state index contributed by atoms with van der Waals surface area (Å²) in [5, 5.41) is 2.51. The summed E-state index contributed by atoms with van der Waals surface area (Å²) in [4.78, 5) is 16.2. The fourth-order valence-electron chi connectivity index (χ4n) is 2.20. The number of benzene rings is 2. The molecular formula is C16H13FN2O2. The van der Waals surface area contributed by atoms with Crippen molar-refractivity contribution in [2.45, 2.75) is 6.54 Å². The van der Waals surface area contributed by atoms with Crippen LogP contribution in [0.15, 0.2) is 47.5 Å². The van der Waals surface area contributed by atoms with E-state index in [2.05, 4.69) is 10.3 Å². The van der Waals surface area contributed by atoms with E-state index in [0.29, 0.717) is 12.1 Å². The first-order valence-corrected chi connectivity index (χ1v) is 6.46. The number of halogens is 1. The van der Waals surface area contributed by atoms with Crippen molar-refractivity contribution < 1.29 is 13.9 Å². The quantitative estimate of drug-likeness (QED) is 0.942. The van der Waals surface area contributed by atoms with Crippen LogP contribution in [-0.4, -0.2) is 18.7 Å². The molecule has 4 nitrogen and oxygen atoms in total. The predicted molar refractivity (Wildman–Crippen MR) is 78.3 cm³/mol. The highest BCUT2D eigenvalue weighted by molar-refractivity contribution is 6.53. The molecule has 0 saturated carbocycles. The van der Waals surface area contributed by atoms with E-state index in [0.717, 1.165) is 11.3 Å². The van der Waals surface area contributed by atoms with Crippen LogP contribution < -0.4 is 10.1 Å².